The molecule has 1 aliphatic carbocycles. The molecule has 10 heteroatoms. The fraction of sp³-hybridized carbons (Fsp3) is 0.423. The first-order valence-corrected chi connectivity index (χ1v) is 12.2. The van der Waals surface area contributed by atoms with Gasteiger partial charge in [0, 0.05) is 57.1 Å². The van der Waals surface area contributed by atoms with Gasteiger partial charge in [0.05, 0.1) is 16.0 Å². The maximum atomic E-state index is 12.9. The van der Waals surface area contributed by atoms with Gasteiger partial charge < -0.3 is 14.2 Å². The number of non-ortho nitro benzene ring substituents is 1. The first-order chi connectivity index (χ1) is 17.4. The number of nitrogens with one attached hydrogen (secondary N) is 1. The second-order valence-electron chi connectivity index (χ2n) is 9.17. The lowest BCUT2D eigenvalue weighted by Crippen LogP contribution is -2.27. The van der Waals surface area contributed by atoms with Crippen LogP contribution in [0.15, 0.2) is 42.5 Å². The molecule has 1 fully saturated rings. The van der Waals surface area contributed by atoms with Gasteiger partial charge in [0.2, 0.25) is 11.9 Å². The number of anilines is 2. The van der Waals surface area contributed by atoms with Crippen LogP contribution in [0.2, 0.25) is 0 Å². The fourth-order valence-electron chi connectivity index (χ4n) is 4.67. The van der Waals surface area contributed by atoms with Crippen molar-refractivity contribution in [1.29, 1.82) is 0 Å². The molecule has 0 saturated heterocycles. The molecular weight excluding hydrogens is 462 g/mol. The summed E-state index contributed by atoms with van der Waals surface area (Å²) in [5, 5.41) is 13.7. The molecule has 1 aliphatic rings. The number of amides is 2. The number of benzene rings is 2. The van der Waals surface area contributed by atoms with Gasteiger partial charge in [-0.25, -0.2) is 4.98 Å². The van der Waals surface area contributed by atoms with Crippen molar-refractivity contribution in [2.24, 2.45) is 5.92 Å². The van der Waals surface area contributed by atoms with E-state index in [4.69, 9.17) is 4.74 Å². The molecule has 2 aromatic carbocycles. The number of ether oxygens (including phenoxy) is 1. The van der Waals surface area contributed by atoms with Crippen molar-refractivity contribution in [2.45, 2.75) is 45.1 Å². The largest absolute Gasteiger partial charge is 0.385 e. The van der Waals surface area contributed by atoms with Gasteiger partial charge >= 0.3 is 0 Å². The molecule has 0 bridgehead atoms. The number of aromatic nitrogens is 2. The second-order valence-corrected chi connectivity index (χ2v) is 9.17. The Labute approximate surface area is 209 Å². The zero-order valence-corrected chi connectivity index (χ0v) is 20.6. The van der Waals surface area contributed by atoms with E-state index in [9.17, 15) is 19.7 Å². The molecule has 0 spiro atoms. The Hall–Kier alpha value is -3.79. The van der Waals surface area contributed by atoms with Crippen molar-refractivity contribution in [3.8, 4) is 0 Å². The normalized spacial score (nSPS) is 13.7. The third-order valence-electron chi connectivity index (χ3n) is 6.73. The first kappa shape index (κ1) is 25.3. The Morgan fingerprint density at radius 2 is 1.92 bits per heavy atom. The monoisotopic (exact) mass is 493 g/mol. The second kappa shape index (κ2) is 11.3. The van der Waals surface area contributed by atoms with Crippen LogP contribution < -0.4 is 10.2 Å². The number of nitrogens with zero attached hydrogens (tertiary/aromatic N) is 4. The summed E-state index contributed by atoms with van der Waals surface area (Å²) >= 11 is 0. The number of nitro benzene ring substituents is 1. The fourth-order valence-corrected chi connectivity index (χ4v) is 4.67. The smallest absolute Gasteiger partial charge is 0.269 e. The van der Waals surface area contributed by atoms with E-state index in [-0.39, 0.29) is 17.2 Å². The number of aryl methyl sites for hydroxylation is 1. The van der Waals surface area contributed by atoms with Gasteiger partial charge in [-0.05, 0) is 55.5 Å². The Morgan fingerprint density at radius 3 is 2.58 bits per heavy atom. The van der Waals surface area contributed by atoms with E-state index in [0.717, 1.165) is 24.0 Å². The third kappa shape index (κ3) is 5.71. The Bertz CT molecular complexity index is 1250. The summed E-state index contributed by atoms with van der Waals surface area (Å²) < 4.78 is 7.09. The molecule has 1 heterocycles. The molecule has 190 valence electrons. The maximum absolute atomic E-state index is 12.9. The van der Waals surface area contributed by atoms with Crippen molar-refractivity contribution < 1.29 is 19.2 Å². The minimum Gasteiger partial charge on any atom is -0.385 e. The molecule has 0 atom stereocenters. The zero-order chi connectivity index (χ0) is 25.7. The van der Waals surface area contributed by atoms with Gasteiger partial charge in [-0.3, -0.25) is 25.0 Å². The van der Waals surface area contributed by atoms with Crippen molar-refractivity contribution >= 4 is 40.2 Å². The van der Waals surface area contributed by atoms with E-state index < -0.39 is 10.8 Å². The third-order valence-corrected chi connectivity index (χ3v) is 6.73. The molecule has 0 radical (unpaired) electrons. The molecule has 0 unspecified atom stereocenters. The SMILES string of the molecule is COCCCn1c(NC(=O)c2ccc([N+](=O)[O-])cc2)nc2cc(N(C)C(=O)CC3CCCC3)ccc21. The van der Waals surface area contributed by atoms with Crippen LogP contribution in [0.1, 0.15) is 48.9 Å². The van der Waals surface area contributed by atoms with Crippen molar-refractivity contribution in [1.82, 2.24) is 9.55 Å². The van der Waals surface area contributed by atoms with E-state index in [1.807, 2.05) is 22.8 Å². The minimum absolute atomic E-state index is 0.0857. The van der Waals surface area contributed by atoms with Crippen LogP contribution in [-0.4, -0.2) is 47.1 Å². The Kier molecular flexibility index (Phi) is 7.94. The van der Waals surface area contributed by atoms with Gasteiger partial charge in [-0.15, -0.1) is 0 Å². The quantitative estimate of drug-likeness (QED) is 0.247. The highest BCUT2D eigenvalue weighted by Crippen LogP contribution is 2.30. The Morgan fingerprint density at radius 1 is 1.19 bits per heavy atom. The molecule has 2 amide bonds. The van der Waals surface area contributed by atoms with Gasteiger partial charge in [0.15, 0.2) is 0 Å². The number of fused-ring (bicyclic) bond motifs is 1. The number of methoxy groups -OCH3 is 1. The van der Waals surface area contributed by atoms with E-state index in [1.54, 1.807) is 19.1 Å². The number of rotatable bonds is 10. The lowest BCUT2D eigenvalue weighted by Gasteiger charge is -2.19. The summed E-state index contributed by atoms with van der Waals surface area (Å²) in [6, 6.07) is 11.1. The van der Waals surface area contributed by atoms with Crippen LogP contribution in [0.25, 0.3) is 11.0 Å². The van der Waals surface area contributed by atoms with Crippen LogP contribution in [0, 0.1) is 16.0 Å². The van der Waals surface area contributed by atoms with Gasteiger partial charge in [0.1, 0.15) is 0 Å². The maximum Gasteiger partial charge on any atom is 0.269 e. The molecule has 10 nitrogen and oxygen atoms in total. The average molecular weight is 494 g/mol. The Balaban J connectivity index is 1.58. The summed E-state index contributed by atoms with van der Waals surface area (Å²) in [6.45, 7) is 1.11. The van der Waals surface area contributed by atoms with Crippen LogP contribution in [-0.2, 0) is 16.1 Å². The van der Waals surface area contributed by atoms with E-state index in [0.29, 0.717) is 43.4 Å². The van der Waals surface area contributed by atoms with Crippen molar-refractivity contribution in [2.75, 3.05) is 31.0 Å². The molecule has 1 aromatic heterocycles. The summed E-state index contributed by atoms with van der Waals surface area (Å²) in [5.74, 6) is 0.496. The van der Waals surface area contributed by atoms with Crippen LogP contribution in [0.3, 0.4) is 0 Å². The number of carbonyl (C=O) groups excluding carboxylic acids is 2. The van der Waals surface area contributed by atoms with Gasteiger partial charge in [-0.2, -0.15) is 0 Å². The molecule has 1 saturated carbocycles. The topological polar surface area (TPSA) is 120 Å². The first-order valence-electron chi connectivity index (χ1n) is 12.2. The number of imidazole rings is 1. The highest BCUT2D eigenvalue weighted by atomic mass is 16.6. The average Bonchev–Trinajstić information content (AvgIpc) is 3.51. The molecule has 3 aromatic rings. The van der Waals surface area contributed by atoms with E-state index in [1.165, 1.54) is 37.1 Å². The zero-order valence-electron chi connectivity index (χ0n) is 20.6. The van der Waals surface area contributed by atoms with Gasteiger partial charge in [0.25, 0.3) is 11.6 Å². The lowest BCUT2D eigenvalue weighted by atomic mass is 10.0. The highest BCUT2D eigenvalue weighted by molar-refractivity contribution is 6.04. The lowest BCUT2D eigenvalue weighted by molar-refractivity contribution is -0.384. The summed E-state index contributed by atoms with van der Waals surface area (Å²) in [6.07, 6.45) is 5.88. The van der Waals surface area contributed by atoms with E-state index >= 15 is 0 Å². The number of hydrogen-bond donors (Lipinski definition) is 1. The number of nitro groups is 1. The number of hydrogen-bond acceptors (Lipinski definition) is 6. The standard InChI is InChI=1S/C26H31N5O5/c1-29(24(32)16-18-6-3-4-7-18)21-12-13-23-22(17-21)27-26(30(23)14-5-15-36-2)28-25(33)19-8-10-20(11-9-19)31(34)35/h8-13,17-18H,3-7,14-16H2,1-2H3,(H,27,28,33). The van der Waals surface area contributed by atoms with Gasteiger partial charge in [-0.1, -0.05) is 12.8 Å². The van der Waals surface area contributed by atoms with Crippen molar-refractivity contribution in [3.05, 3.63) is 58.1 Å². The van der Waals surface area contributed by atoms with Crippen LogP contribution in [0.4, 0.5) is 17.3 Å². The predicted octanol–water partition coefficient (Wildman–Crippen LogP) is 4.78. The molecule has 36 heavy (non-hydrogen) atoms. The summed E-state index contributed by atoms with van der Waals surface area (Å²) in [4.78, 5) is 42.4. The van der Waals surface area contributed by atoms with Crippen LogP contribution in [0.5, 0.6) is 0 Å². The molecule has 4 rings (SSSR count). The van der Waals surface area contributed by atoms with Crippen molar-refractivity contribution in [3.63, 3.8) is 0 Å². The minimum atomic E-state index is -0.510. The summed E-state index contributed by atoms with van der Waals surface area (Å²) in [5.41, 5.74) is 2.43. The molecule has 1 N–H and O–H groups in total. The summed E-state index contributed by atoms with van der Waals surface area (Å²) in [7, 11) is 3.42. The molecular formula is C26H31N5O5. The van der Waals surface area contributed by atoms with E-state index in [2.05, 4.69) is 10.3 Å². The predicted molar refractivity (Wildman–Crippen MR) is 137 cm³/mol. The highest BCUT2D eigenvalue weighted by Gasteiger charge is 2.22. The molecule has 0 aliphatic heterocycles. The number of carbonyl (C=O) groups is 2. The van der Waals surface area contributed by atoms with Crippen LogP contribution >= 0.6 is 0 Å².